The number of aliphatic carboxylic acids is 1. The van der Waals surface area contributed by atoms with Gasteiger partial charge in [0, 0.05) is 0 Å². The zero-order valence-corrected chi connectivity index (χ0v) is 10.0. The van der Waals surface area contributed by atoms with Crippen LogP contribution in [0.2, 0.25) is 0 Å². The molecule has 0 spiro atoms. The minimum atomic E-state index is -0.693. The maximum absolute atomic E-state index is 10.8. The van der Waals surface area contributed by atoms with Gasteiger partial charge < -0.3 is 5.11 Å². The molecule has 0 aromatic carbocycles. The summed E-state index contributed by atoms with van der Waals surface area (Å²) in [5.41, 5.74) is 0. The first-order valence-corrected chi connectivity index (χ1v) is 6.08. The SMILES string of the molecule is CC=CC(CCCCCCCC)C(=O)O. The van der Waals surface area contributed by atoms with Crippen molar-refractivity contribution in [2.24, 2.45) is 5.92 Å². The quantitative estimate of drug-likeness (QED) is 0.463. The van der Waals surface area contributed by atoms with Gasteiger partial charge in [0.1, 0.15) is 0 Å². The fourth-order valence-electron chi connectivity index (χ4n) is 1.68. The largest absolute Gasteiger partial charge is 0.481 e. The molecule has 0 aliphatic rings. The second-order valence-corrected chi connectivity index (χ2v) is 4.03. The molecule has 0 aromatic rings. The molecular formula is C13H24O2. The molecule has 1 N–H and O–H groups in total. The molecule has 15 heavy (non-hydrogen) atoms. The van der Waals surface area contributed by atoms with Crippen molar-refractivity contribution in [3.63, 3.8) is 0 Å². The Labute approximate surface area is 93.4 Å². The first-order valence-electron chi connectivity index (χ1n) is 6.08. The molecule has 1 atom stereocenters. The predicted molar refractivity (Wildman–Crippen MR) is 63.9 cm³/mol. The van der Waals surface area contributed by atoms with Crippen LogP contribution < -0.4 is 0 Å². The van der Waals surface area contributed by atoms with E-state index in [1.807, 2.05) is 13.0 Å². The van der Waals surface area contributed by atoms with E-state index in [1.54, 1.807) is 6.08 Å². The second kappa shape index (κ2) is 9.75. The van der Waals surface area contributed by atoms with Crippen LogP contribution in [-0.4, -0.2) is 11.1 Å². The van der Waals surface area contributed by atoms with E-state index in [2.05, 4.69) is 6.92 Å². The Bertz CT molecular complexity index is 185. The summed E-state index contributed by atoms with van der Waals surface area (Å²) in [5.74, 6) is -0.970. The fraction of sp³-hybridized carbons (Fsp3) is 0.769. The monoisotopic (exact) mass is 212 g/mol. The molecule has 88 valence electrons. The number of carboxylic acids is 1. The lowest BCUT2D eigenvalue weighted by atomic mass is 10.00. The van der Waals surface area contributed by atoms with Gasteiger partial charge in [0.15, 0.2) is 0 Å². The number of hydrogen-bond acceptors (Lipinski definition) is 1. The molecule has 0 aliphatic heterocycles. The van der Waals surface area contributed by atoms with E-state index < -0.39 is 5.97 Å². The maximum Gasteiger partial charge on any atom is 0.310 e. The van der Waals surface area contributed by atoms with Crippen LogP contribution in [0.1, 0.15) is 58.8 Å². The van der Waals surface area contributed by atoms with Gasteiger partial charge in [-0.05, 0) is 13.3 Å². The van der Waals surface area contributed by atoms with Crippen molar-refractivity contribution in [1.82, 2.24) is 0 Å². The van der Waals surface area contributed by atoms with Crippen LogP contribution in [0.4, 0.5) is 0 Å². The molecule has 0 saturated heterocycles. The highest BCUT2D eigenvalue weighted by Gasteiger charge is 2.12. The zero-order chi connectivity index (χ0) is 11.5. The second-order valence-electron chi connectivity index (χ2n) is 4.03. The van der Waals surface area contributed by atoms with Gasteiger partial charge in [-0.25, -0.2) is 0 Å². The highest BCUT2D eigenvalue weighted by atomic mass is 16.4. The number of rotatable bonds is 9. The molecule has 2 heteroatoms. The Balaban J connectivity index is 3.50. The highest BCUT2D eigenvalue weighted by Crippen LogP contribution is 2.13. The lowest BCUT2D eigenvalue weighted by Crippen LogP contribution is -2.10. The predicted octanol–water partition coefficient (Wildman–Crippen LogP) is 4.01. The molecule has 0 radical (unpaired) electrons. The molecular weight excluding hydrogens is 188 g/mol. The van der Waals surface area contributed by atoms with Crippen LogP contribution in [-0.2, 0) is 4.79 Å². The third-order valence-corrected chi connectivity index (χ3v) is 2.61. The van der Waals surface area contributed by atoms with Crippen molar-refractivity contribution in [2.45, 2.75) is 58.8 Å². The van der Waals surface area contributed by atoms with Gasteiger partial charge in [-0.15, -0.1) is 0 Å². The van der Waals surface area contributed by atoms with Crippen molar-refractivity contribution in [3.8, 4) is 0 Å². The molecule has 0 saturated carbocycles. The van der Waals surface area contributed by atoms with E-state index in [4.69, 9.17) is 5.11 Å². The summed E-state index contributed by atoms with van der Waals surface area (Å²) in [6.07, 6.45) is 11.7. The smallest absolute Gasteiger partial charge is 0.310 e. The summed E-state index contributed by atoms with van der Waals surface area (Å²) in [7, 11) is 0. The van der Waals surface area contributed by atoms with Crippen molar-refractivity contribution in [2.75, 3.05) is 0 Å². The van der Waals surface area contributed by atoms with Crippen LogP contribution in [0.3, 0.4) is 0 Å². The average Bonchev–Trinajstić information content (AvgIpc) is 2.21. The summed E-state index contributed by atoms with van der Waals surface area (Å²) in [6, 6.07) is 0. The first-order chi connectivity index (χ1) is 7.22. The summed E-state index contributed by atoms with van der Waals surface area (Å²) < 4.78 is 0. The lowest BCUT2D eigenvalue weighted by molar-refractivity contribution is -0.140. The van der Waals surface area contributed by atoms with Crippen LogP contribution in [0, 0.1) is 5.92 Å². The van der Waals surface area contributed by atoms with Gasteiger partial charge in [0.05, 0.1) is 5.92 Å². The van der Waals surface area contributed by atoms with Gasteiger partial charge in [-0.2, -0.15) is 0 Å². The maximum atomic E-state index is 10.8. The number of carbonyl (C=O) groups is 1. The van der Waals surface area contributed by atoms with E-state index in [1.165, 1.54) is 32.1 Å². The fourth-order valence-corrected chi connectivity index (χ4v) is 1.68. The molecule has 0 aliphatic carbocycles. The zero-order valence-electron chi connectivity index (χ0n) is 10.0. The number of hydrogen-bond donors (Lipinski definition) is 1. The molecule has 0 amide bonds. The van der Waals surface area contributed by atoms with Gasteiger partial charge in [-0.1, -0.05) is 57.6 Å². The Kier molecular flexibility index (Phi) is 9.24. The van der Waals surface area contributed by atoms with Crippen LogP contribution in [0.5, 0.6) is 0 Å². The standard InChI is InChI=1S/C13H24O2/c1-3-5-6-7-8-9-11-12(10-4-2)13(14)15/h4,10,12H,3,5-9,11H2,1-2H3,(H,14,15). The third-order valence-electron chi connectivity index (χ3n) is 2.61. The number of carboxylic acid groups (broad SMARTS) is 1. The van der Waals surface area contributed by atoms with Gasteiger partial charge in [0.2, 0.25) is 0 Å². The third kappa shape index (κ3) is 8.22. The molecule has 0 fully saturated rings. The Morgan fingerprint density at radius 3 is 2.33 bits per heavy atom. The van der Waals surface area contributed by atoms with E-state index in [0.29, 0.717) is 0 Å². The molecule has 0 rings (SSSR count). The van der Waals surface area contributed by atoms with E-state index in [0.717, 1.165) is 12.8 Å². The normalized spacial score (nSPS) is 13.2. The van der Waals surface area contributed by atoms with Gasteiger partial charge in [-0.3, -0.25) is 4.79 Å². The summed E-state index contributed by atoms with van der Waals surface area (Å²) in [5, 5.41) is 8.89. The van der Waals surface area contributed by atoms with E-state index in [9.17, 15) is 4.79 Å². The topological polar surface area (TPSA) is 37.3 Å². The molecule has 0 bridgehead atoms. The number of unbranched alkanes of at least 4 members (excludes halogenated alkanes) is 5. The van der Waals surface area contributed by atoms with Crippen molar-refractivity contribution >= 4 is 5.97 Å². The van der Waals surface area contributed by atoms with Crippen LogP contribution >= 0.6 is 0 Å². The Morgan fingerprint density at radius 2 is 1.80 bits per heavy atom. The lowest BCUT2D eigenvalue weighted by Gasteiger charge is -2.06. The van der Waals surface area contributed by atoms with Crippen LogP contribution in [0.25, 0.3) is 0 Å². The minimum absolute atomic E-state index is 0.277. The highest BCUT2D eigenvalue weighted by molar-refractivity contribution is 5.71. The Morgan fingerprint density at radius 1 is 1.20 bits per heavy atom. The summed E-state index contributed by atoms with van der Waals surface area (Å²) >= 11 is 0. The average molecular weight is 212 g/mol. The van der Waals surface area contributed by atoms with Crippen molar-refractivity contribution < 1.29 is 9.90 Å². The summed E-state index contributed by atoms with van der Waals surface area (Å²) in [4.78, 5) is 10.8. The molecule has 2 nitrogen and oxygen atoms in total. The van der Waals surface area contributed by atoms with E-state index >= 15 is 0 Å². The van der Waals surface area contributed by atoms with Crippen molar-refractivity contribution in [3.05, 3.63) is 12.2 Å². The van der Waals surface area contributed by atoms with Gasteiger partial charge in [0.25, 0.3) is 0 Å². The van der Waals surface area contributed by atoms with Gasteiger partial charge >= 0.3 is 5.97 Å². The van der Waals surface area contributed by atoms with Crippen LogP contribution in [0.15, 0.2) is 12.2 Å². The molecule has 0 aromatic heterocycles. The first kappa shape index (κ1) is 14.2. The molecule has 1 unspecified atom stereocenters. The van der Waals surface area contributed by atoms with E-state index in [-0.39, 0.29) is 5.92 Å². The molecule has 0 heterocycles. The number of allylic oxidation sites excluding steroid dienone is 1. The van der Waals surface area contributed by atoms with Crippen molar-refractivity contribution in [1.29, 1.82) is 0 Å². The minimum Gasteiger partial charge on any atom is -0.481 e. The Hall–Kier alpha value is -0.790. The summed E-state index contributed by atoms with van der Waals surface area (Å²) in [6.45, 7) is 4.07.